The molecule has 3 atom stereocenters. The van der Waals surface area contributed by atoms with E-state index in [1.807, 2.05) is 37.3 Å². The molecular weight excluding hydrogens is 410 g/mol. The van der Waals surface area contributed by atoms with Crippen LogP contribution in [0.1, 0.15) is 48.9 Å². The molecule has 32 heavy (non-hydrogen) atoms. The first-order valence-corrected chi connectivity index (χ1v) is 11.0. The van der Waals surface area contributed by atoms with Crippen LogP contribution in [0.25, 0.3) is 0 Å². The second kappa shape index (κ2) is 8.04. The average molecular weight is 437 g/mol. The maximum atomic E-state index is 13.5. The molecule has 7 nitrogen and oxygen atoms in total. The zero-order chi connectivity index (χ0) is 22.4. The Morgan fingerprint density at radius 2 is 1.75 bits per heavy atom. The maximum Gasteiger partial charge on any atom is 0.231 e. The Bertz CT molecular complexity index is 1080. The number of nitrogens with zero attached hydrogens (tertiary/aromatic N) is 1. The fourth-order valence-corrected chi connectivity index (χ4v) is 5.27. The monoisotopic (exact) mass is 437 g/mol. The number of piperidine rings is 1. The van der Waals surface area contributed by atoms with Crippen molar-refractivity contribution in [2.24, 2.45) is 5.92 Å². The summed E-state index contributed by atoms with van der Waals surface area (Å²) < 4.78 is 22.1. The lowest BCUT2D eigenvalue weighted by Crippen LogP contribution is -2.57. The summed E-state index contributed by atoms with van der Waals surface area (Å²) in [7, 11) is 3.19. The van der Waals surface area contributed by atoms with Crippen molar-refractivity contribution in [3.63, 3.8) is 0 Å². The average Bonchev–Trinajstić information content (AvgIpc) is 3.28. The lowest BCUT2D eigenvalue weighted by Gasteiger charge is -2.47. The Balaban J connectivity index is 1.67. The van der Waals surface area contributed by atoms with E-state index in [2.05, 4.69) is 0 Å². The lowest BCUT2D eigenvalue weighted by atomic mass is 9.76. The van der Waals surface area contributed by atoms with Gasteiger partial charge in [-0.2, -0.15) is 0 Å². The summed E-state index contributed by atoms with van der Waals surface area (Å²) in [5.41, 5.74) is 2.81. The van der Waals surface area contributed by atoms with Crippen LogP contribution in [-0.2, 0) is 16.0 Å². The molecule has 3 heterocycles. The summed E-state index contributed by atoms with van der Waals surface area (Å²) in [4.78, 5) is 28.7. The molecule has 0 bridgehead atoms. The van der Waals surface area contributed by atoms with Crippen molar-refractivity contribution in [2.75, 3.05) is 21.0 Å². The van der Waals surface area contributed by atoms with Crippen molar-refractivity contribution < 1.29 is 28.5 Å². The van der Waals surface area contributed by atoms with Crippen LogP contribution in [0.4, 0.5) is 0 Å². The standard InChI is InChI=1S/C25H27NO6/c1-4-5-15-11-23(27)26-18(25(15)28)8-16-10-20(29-2)21(30-3)12-17(16)24(26)14-6-7-19-22(9-14)32-13-31-19/h6-7,9-10,12,15,18,24H,4-5,8,11,13H2,1-3H3/t15?,18-,24+/m0/s1. The van der Waals surface area contributed by atoms with Crippen molar-refractivity contribution in [3.05, 3.63) is 47.0 Å². The van der Waals surface area contributed by atoms with E-state index in [4.69, 9.17) is 18.9 Å². The number of hydrogen-bond acceptors (Lipinski definition) is 6. The molecule has 2 aromatic rings. The Morgan fingerprint density at radius 1 is 1.00 bits per heavy atom. The molecule has 1 unspecified atom stereocenters. The number of carbonyl (C=O) groups is 2. The minimum atomic E-state index is -0.492. The summed E-state index contributed by atoms with van der Waals surface area (Å²) in [5.74, 6) is 2.48. The molecule has 0 radical (unpaired) electrons. The van der Waals surface area contributed by atoms with Gasteiger partial charge in [-0.15, -0.1) is 0 Å². The molecule has 168 valence electrons. The molecule has 0 aromatic heterocycles. The number of ether oxygens (including phenoxy) is 4. The summed E-state index contributed by atoms with van der Waals surface area (Å²) in [6.45, 7) is 2.22. The van der Waals surface area contributed by atoms with E-state index >= 15 is 0 Å². The van der Waals surface area contributed by atoms with Crippen LogP contribution in [0.3, 0.4) is 0 Å². The molecule has 0 saturated carbocycles. The smallest absolute Gasteiger partial charge is 0.231 e. The third-order valence-electron chi connectivity index (χ3n) is 6.76. The summed E-state index contributed by atoms with van der Waals surface area (Å²) >= 11 is 0. The normalized spacial score (nSPS) is 23.6. The predicted molar refractivity (Wildman–Crippen MR) is 116 cm³/mol. The molecule has 7 heteroatoms. The molecule has 1 fully saturated rings. The summed E-state index contributed by atoms with van der Waals surface area (Å²) in [6, 6.07) is 8.66. The van der Waals surface area contributed by atoms with Gasteiger partial charge in [0.25, 0.3) is 0 Å². The summed E-state index contributed by atoms with van der Waals surface area (Å²) in [6.07, 6.45) is 2.35. The van der Waals surface area contributed by atoms with Crippen molar-refractivity contribution in [2.45, 2.75) is 44.7 Å². The third kappa shape index (κ3) is 3.18. The number of Topliss-reactive ketones (excluding diaryl/α,β-unsaturated/α-hetero) is 1. The Morgan fingerprint density at radius 3 is 2.50 bits per heavy atom. The number of ketones is 1. The minimum absolute atomic E-state index is 0.0103. The SMILES string of the molecule is CCCC1CC(=O)N2[C@H](c3ccc4c(c3)OCO4)c3cc(OC)c(OC)cc3C[C@H]2C1=O. The number of fused-ring (bicyclic) bond motifs is 3. The number of amides is 1. The molecule has 1 amide bonds. The van der Waals surface area contributed by atoms with Gasteiger partial charge in [-0.25, -0.2) is 0 Å². The van der Waals surface area contributed by atoms with E-state index in [0.29, 0.717) is 29.4 Å². The van der Waals surface area contributed by atoms with Crippen LogP contribution < -0.4 is 18.9 Å². The number of rotatable bonds is 5. The van der Waals surface area contributed by atoms with Gasteiger partial charge in [0, 0.05) is 18.8 Å². The Kier molecular flexibility index (Phi) is 5.19. The van der Waals surface area contributed by atoms with Gasteiger partial charge < -0.3 is 23.8 Å². The molecule has 0 spiro atoms. The van der Waals surface area contributed by atoms with Gasteiger partial charge in [-0.05, 0) is 47.4 Å². The van der Waals surface area contributed by atoms with E-state index < -0.39 is 12.1 Å². The van der Waals surface area contributed by atoms with Crippen molar-refractivity contribution in [1.82, 2.24) is 4.90 Å². The van der Waals surface area contributed by atoms with E-state index in [9.17, 15) is 9.59 Å². The number of carbonyl (C=O) groups excluding carboxylic acids is 2. The zero-order valence-corrected chi connectivity index (χ0v) is 18.6. The first-order valence-electron chi connectivity index (χ1n) is 11.0. The summed E-state index contributed by atoms with van der Waals surface area (Å²) in [5, 5.41) is 0. The lowest BCUT2D eigenvalue weighted by molar-refractivity contribution is -0.152. The third-order valence-corrected chi connectivity index (χ3v) is 6.76. The number of benzene rings is 2. The van der Waals surface area contributed by atoms with Gasteiger partial charge in [0.2, 0.25) is 12.7 Å². The number of hydrogen-bond donors (Lipinski definition) is 0. The first-order chi connectivity index (χ1) is 15.5. The molecule has 0 aliphatic carbocycles. The van der Waals surface area contributed by atoms with Crippen LogP contribution in [0.2, 0.25) is 0 Å². The fraction of sp³-hybridized carbons (Fsp3) is 0.440. The first kappa shape index (κ1) is 20.7. The zero-order valence-electron chi connectivity index (χ0n) is 18.6. The Labute approximate surface area is 187 Å². The Hall–Kier alpha value is -3.22. The quantitative estimate of drug-likeness (QED) is 0.711. The minimum Gasteiger partial charge on any atom is -0.493 e. The largest absolute Gasteiger partial charge is 0.493 e. The second-order valence-corrected chi connectivity index (χ2v) is 8.53. The fourth-order valence-electron chi connectivity index (χ4n) is 5.27. The van der Waals surface area contributed by atoms with Crippen molar-refractivity contribution in [3.8, 4) is 23.0 Å². The molecule has 1 saturated heterocycles. The van der Waals surface area contributed by atoms with Gasteiger partial charge in [0.1, 0.15) is 0 Å². The highest BCUT2D eigenvalue weighted by atomic mass is 16.7. The molecule has 3 aliphatic heterocycles. The van der Waals surface area contributed by atoms with Crippen LogP contribution >= 0.6 is 0 Å². The van der Waals surface area contributed by atoms with E-state index in [0.717, 1.165) is 29.5 Å². The van der Waals surface area contributed by atoms with Crippen LogP contribution in [0.5, 0.6) is 23.0 Å². The van der Waals surface area contributed by atoms with Crippen LogP contribution in [-0.4, -0.2) is 43.6 Å². The van der Waals surface area contributed by atoms with Gasteiger partial charge >= 0.3 is 0 Å². The highest BCUT2D eigenvalue weighted by Crippen LogP contribution is 2.47. The topological polar surface area (TPSA) is 74.3 Å². The van der Waals surface area contributed by atoms with Crippen LogP contribution in [0, 0.1) is 5.92 Å². The van der Waals surface area contributed by atoms with Gasteiger partial charge in [-0.1, -0.05) is 19.4 Å². The van der Waals surface area contributed by atoms with Crippen molar-refractivity contribution >= 4 is 11.7 Å². The van der Waals surface area contributed by atoms with Gasteiger partial charge in [0.15, 0.2) is 28.8 Å². The number of methoxy groups -OCH3 is 2. The predicted octanol–water partition coefficient (Wildman–Crippen LogP) is 3.66. The van der Waals surface area contributed by atoms with Gasteiger partial charge in [-0.3, -0.25) is 9.59 Å². The maximum absolute atomic E-state index is 13.5. The van der Waals surface area contributed by atoms with E-state index in [-0.39, 0.29) is 30.8 Å². The van der Waals surface area contributed by atoms with Crippen molar-refractivity contribution in [1.29, 1.82) is 0 Å². The second-order valence-electron chi connectivity index (χ2n) is 8.53. The molecule has 2 aromatic carbocycles. The van der Waals surface area contributed by atoms with E-state index in [1.54, 1.807) is 19.1 Å². The van der Waals surface area contributed by atoms with Crippen LogP contribution in [0.15, 0.2) is 30.3 Å². The highest BCUT2D eigenvalue weighted by molar-refractivity contribution is 5.98. The molecular formula is C25H27NO6. The molecule has 3 aliphatic rings. The van der Waals surface area contributed by atoms with E-state index in [1.165, 1.54) is 0 Å². The molecule has 0 N–H and O–H groups in total. The molecule has 5 rings (SSSR count). The van der Waals surface area contributed by atoms with Gasteiger partial charge in [0.05, 0.1) is 26.3 Å². The highest BCUT2D eigenvalue weighted by Gasteiger charge is 2.48.